The Labute approximate surface area is 105 Å². The molecule has 92 valence electrons. The fraction of sp³-hybridized carbons (Fsp3) is 0.250. The smallest absolute Gasteiger partial charge is 0.248 e. The number of aliphatic hydroxyl groups is 1. The van der Waals surface area contributed by atoms with E-state index in [1.165, 1.54) is 12.2 Å². The van der Waals surface area contributed by atoms with Gasteiger partial charge in [0.05, 0.1) is 16.8 Å². The zero-order chi connectivity index (χ0) is 12.8. The lowest BCUT2D eigenvalue weighted by atomic mass is 10.1. The molecule has 1 rings (SSSR count). The van der Waals surface area contributed by atoms with Gasteiger partial charge in [-0.2, -0.15) is 0 Å². The van der Waals surface area contributed by atoms with Crippen LogP contribution in [0.1, 0.15) is 12.5 Å². The highest BCUT2D eigenvalue weighted by atomic mass is 35.5. The molecular formula is C12H15ClN2O2. The Hall–Kier alpha value is -1.36. The molecule has 4 nitrogen and oxygen atoms in total. The summed E-state index contributed by atoms with van der Waals surface area (Å²) in [5.74, 6) is -0.353. The SMILES string of the molecule is CC(O)/C=C/C(=O)Nc1c(Cl)cccc1CN. The van der Waals surface area contributed by atoms with Crippen molar-refractivity contribution in [3.63, 3.8) is 0 Å². The van der Waals surface area contributed by atoms with E-state index in [4.69, 9.17) is 22.4 Å². The Morgan fingerprint density at radius 3 is 2.94 bits per heavy atom. The second-order valence-electron chi connectivity index (χ2n) is 3.57. The second-order valence-corrected chi connectivity index (χ2v) is 3.97. The lowest BCUT2D eigenvalue weighted by Gasteiger charge is -2.10. The molecule has 0 saturated carbocycles. The molecule has 0 aliphatic heterocycles. The molecule has 5 heteroatoms. The van der Waals surface area contributed by atoms with Crippen LogP contribution in [-0.4, -0.2) is 17.1 Å². The van der Waals surface area contributed by atoms with Gasteiger partial charge in [-0.05, 0) is 18.6 Å². The van der Waals surface area contributed by atoms with Gasteiger partial charge in [-0.1, -0.05) is 29.8 Å². The van der Waals surface area contributed by atoms with Crippen LogP contribution >= 0.6 is 11.6 Å². The zero-order valence-corrected chi connectivity index (χ0v) is 10.2. The second kappa shape index (κ2) is 6.39. The summed E-state index contributed by atoms with van der Waals surface area (Å²) in [4.78, 5) is 11.5. The predicted molar refractivity (Wildman–Crippen MR) is 68.8 cm³/mol. The van der Waals surface area contributed by atoms with E-state index < -0.39 is 6.10 Å². The lowest BCUT2D eigenvalue weighted by Crippen LogP contribution is -2.12. The number of amides is 1. The van der Waals surface area contributed by atoms with Crippen molar-refractivity contribution in [2.24, 2.45) is 5.73 Å². The summed E-state index contributed by atoms with van der Waals surface area (Å²) in [6.45, 7) is 1.85. The molecule has 17 heavy (non-hydrogen) atoms. The molecule has 1 unspecified atom stereocenters. The minimum absolute atomic E-state index is 0.288. The molecule has 1 aromatic carbocycles. The number of carbonyl (C=O) groups excluding carboxylic acids is 1. The largest absolute Gasteiger partial charge is 0.389 e. The summed E-state index contributed by atoms with van der Waals surface area (Å²) >= 11 is 5.97. The summed E-state index contributed by atoms with van der Waals surface area (Å²) in [6.07, 6.45) is 1.98. The third kappa shape index (κ3) is 4.19. The van der Waals surface area contributed by atoms with Crippen molar-refractivity contribution < 1.29 is 9.90 Å². The van der Waals surface area contributed by atoms with E-state index in [9.17, 15) is 4.79 Å². The van der Waals surface area contributed by atoms with Crippen molar-refractivity contribution in [2.75, 3.05) is 5.32 Å². The standard InChI is InChI=1S/C12H15ClN2O2/c1-8(16)5-6-11(17)15-12-9(7-14)3-2-4-10(12)13/h2-6,8,16H,7,14H2,1H3,(H,15,17)/b6-5+. The van der Waals surface area contributed by atoms with Crippen LogP contribution < -0.4 is 11.1 Å². The van der Waals surface area contributed by atoms with Gasteiger partial charge < -0.3 is 16.2 Å². The molecule has 0 spiro atoms. The number of hydrogen-bond donors (Lipinski definition) is 3. The molecular weight excluding hydrogens is 240 g/mol. The van der Waals surface area contributed by atoms with Crippen LogP contribution in [0.25, 0.3) is 0 Å². The van der Waals surface area contributed by atoms with Crippen molar-refractivity contribution in [3.8, 4) is 0 Å². The van der Waals surface area contributed by atoms with E-state index in [-0.39, 0.29) is 12.5 Å². The van der Waals surface area contributed by atoms with Gasteiger partial charge in [-0.15, -0.1) is 0 Å². The highest BCUT2D eigenvalue weighted by molar-refractivity contribution is 6.34. The molecule has 4 N–H and O–H groups in total. The summed E-state index contributed by atoms with van der Waals surface area (Å²) in [6, 6.07) is 5.24. The number of para-hydroxylation sites is 1. The maximum atomic E-state index is 11.5. The van der Waals surface area contributed by atoms with Gasteiger partial charge in [-0.25, -0.2) is 0 Å². The monoisotopic (exact) mass is 254 g/mol. The molecule has 0 saturated heterocycles. The minimum Gasteiger partial charge on any atom is -0.389 e. The van der Waals surface area contributed by atoms with Crippen molar-refractivity contribution >= 4 is 23.2 Å². The number of nitrogens with one attached hydrogen (secondary N) is 1. The third-order valence-corrected chi connectivity index (χ3v) is 2.41. The number of halogens is 1. The number of hydrogen-bond acceptors (Lipinski definition) is 3. The number of benzene rings is 1. The molecule has 1 amide bonds. The van der Waals surface area contributed by atoms with Crippen LogP contribution in [0, 0.1) is 0 Å². The first-order valence-corrected chi connectivity index (χ1v) is 5.57. The number of carbonyl (C=O) groups is 1. The van der Waals surface area contributed by atoms with Crippen molar-refractivity contribution in [3.05, 3.63) is 40.9 Å². The summed E-state index contributed by atoms with van der Waals surface area (Å²) in [7, 11) is 0. The van der Waals surface area contributed by atoms with Gasteiger partial charge in [-0.3, -0.25) is 4.79 Å². The summed E-state index contributed by atoms with van der Waals surface area (Å²) in [5.41, 5.74) is 6.82. The number of rotatable bonds is 4. The molecule has 0 bridgehead atoms. The quantitative estimate of drug-likeness (QED) is 0.716. The molecule has 0 aliphatic carbocycles. The van der Waals surface area contributed by atoms with Crippen molar-refractivity contribution in [1.82, 2.24) is 0 Å². The van der Waals surface area contributed by atoms with E-state index in [0.29, 0.717) is 10.7 Å². The average molecular weight is 255 g/mol. The van der Waals surface area contributed by atoms with Gasteiger partial charge in [0.25, 0.3) is 0 Å². The Balaban J connectivity index is 2.84. The Morgan fingerprint density at radius 1 is 1.65 bits per heavy atom. The molecule has 0 aromatic heterocycles. The molecule has 0 heterocycles. The zero-order valence-electron chi connectivity index (χ0n) is 9.48. The summed E-state index contributed by atoms with van der Waals surface area (Å²) < 4.78 is 0. The van der Waals surface area contributed by atoms with Crippen LogP contribution in [0.5, 0.6) is 0 Å². The highest BCUT2D eigenvalue weighted by Gasteiger charge is 2.07. The Bertz CT molecular complexity index is 431. The molecule has 0 aliphatic rings. The van der Waals surface area contributed by atoms with Gasteiger partial charge in [0.2, 0.25) is 5.91 Å². The summed E-state index contributed by atoms with van der Waals surface area (Å²) in [5, 5.41) is 12.1. The average Bonchev–Trinajstić information content (AvgIpc) is 2.29. The number of anilines is 1. The van der Waals surface area contributed by atoms with E-state index in [1.807, 2.05) is 0 Å². The lowest BCUT2D eigenvalue weighted by molar-refractivity contribution is -0.112. The maximum absolute atomic E-state index is 11.5. The molecule has 0 radical (unpaired) electrons. The first kappa shape index (κ1) is 13.7. The van der Waals surface area contributed by atoms with Crippen molar-refractivity contribution in [1.29, 1.82) is 0 Å². The van der Waals surface area contributed by atoms with E-state index in [0.717, 1.165) is 5.56 Å². The Morgan fingerprint density at radius 2 is 2.35 bits per heavy atom. The van der Waals surface area contributed by atoms with Gasteiger partial charge in [0.15, 0.2) is 0 Å². The van der Waals surface area contributed by atoms with Crippen LogP contribution in [0.15, 0.2) is 30.4 Å². The first-order valence-electron chi connectivity index (χ1n) is 5.19. The third-order valence-electron chi connectivity index (χ3n) is 2.09. The molecule has 1 atom stereocenters. The van der Waals surface area contributed by atoms with Crippen LogP contribution in [0.2, 0.25) is 5.02 Å². The minimum atomic E-state index is -0.666. The van der Waals surface area contributed by atoms with Gasteiger partial charge >= 0.3 is 0 Å². The van der Waals surface area contributed by atoms with E-state index in [1.54, 1.807) is 25.1 Å². The topological polar surface area (TPSA) is 75.3 Å². The fourth-order valence-electron chi connectivity index (χ4n) is 1.27. The Kier molecular flexibility index (Phi) is 5.15. The van der Waals surface area contributed by atoms with Crippen LogP contribution in [-0.2, 0) is 11.3 Å². The van der Waals surface area contributed by atoms with Crippen LogP contribution in [0.4, 0.5) is 5.69 Å². The number of nitrogens with two attached hydrogens (primary N) is 1. The van der Waals surface area contributed by atoms with Gasteiger partial charge in [0.1, 0.15) is 0 Å². The molecule has 1 aromatic rings. The van der Waals surface area contributed by atoms with Crippen molar-refractivity contribution in [2.45, 2.75) is 19.6 Å². The first-order chi connectivity index (χ1) is 8.04. The maximum Gasteiger partial charge on any atom is 0.248 e. The van der Waals surface area contributed by atoms with Gasteiger partial charge in [0, 0.05) is 12.6 Å². The van der Waals surface area contributed by atoms with E-state index in [2.05, 4.69) is 5.32 Å². The number of aliphatic hydroxyl groups excluding tert-OH is 1. The van der Waals surface area contributed by atoms with Crippen LogP contribution in [0.3, 0.4) is 0 Å². The highest BCUT2D eigenvalue weighted by Crippen LogP contribution is 2.25. The molecule has 0 fully saturated rings. The fourth-order valence-corrected chi connectivity index (χ4v) is 1.51. The predicted octanol–water partition coefficient (Wildman–Crippen LogP) is 1.67. The normalized spacial score (nSPS) is 12.7. The van der Waals surface area contributed by atoms with E-state index >= 15 is 0 Å².